The Kier molecular flexibility index (Phi) is 4.90. The SMILES string of the molecule is COCCN1CC[C@H](CNc2ncc(C)cn2)C1. The van der Waals surface area contributed by atoms with E-state index in [0.717, 1.165) is 37.8 Å². The van der Waals surface area contributed by atoms with Gasteiger partial charge in [-0.15, -0.1) is 0 Å². The van der Waals surface area contributed by atoms with Crippen molar-refractivity contribution in [2.75, 3.05) is 45.2 Å². The molecule has 1 saturated heterocycles. The Morgan fingerprint density at radius 3 is 2.94 bits per heavy atom. The molecule has 2 heterocycles. The Balaban J connectivity index is 1.70. The van der Waals surface area contributed by atoms with Crippen LogP contribution in [-0.4, -0.2) is 54.8 Å². The van der Waals surface area contributed by atoms with Crippen molar-refractivity contribution in [2.45, 2.75) is 13.3 Å². The monoisotopic (exact) mass is 250 g/mol. The molecule has 0 radical (unpaired) electrons. The van der Waals surface area contributed by atoms with E-state index in [0.29, 0.717) is 5.92 Å². The maximum atomic E-state index is 5.10. The smallest absolute Gasteiger partial charge is 0.222 e. The van der Waals surface area contributed by atoms with Crippen LogP contribution in [-0.2, 0) is 4.74 Å². The van der Waals surface area contributed by atoms with Crippen LogP contribution in [0.4, 0.5) is 5.95 Å². The molecule has 0 spiro atoms. The van der Waals surface area contributed by atoms with Crippen LogP contribution < -0.4 is 5.32 Å². The third-order valence-corrected chi connectivity index (χ3v) is 3.31. The minimum Gasteiger partial charge on any atom is -0.383 e. The Morgan fingerprint density at radius 2 is 2.22 bits per heavy atom. The second-order valence-corrected chi connectivity index (χ2v) is 4.91. The van der Waals surface area contributed by atoms with Gasteiger partial charge in [-0.1, -0.05) is 0 Å². The van der Waals surface area contributed by atoms with E-state index >= 15 is 0 Å². The van der Waals surface area contributed by atoms with Crippen LogP contribution >= 0.6 is 0 Å². The standard InChI is InChI=1S/C13H22N4O/c1-11-7-14-13(15-8-11)16-9-12-3-4-17(10-12)5-6-18-2/h7-8,12H,3-6,9-10H2,1-2H3,(H,14,15,16)/t12-/m1/s1. The number of likely N-dealkylation sites (tertiary alicyclic amines) is 1. The molecule has 5 nitrogen and oxygen atoms in total. The largest absolute Gasteiger partial charge is 0.383 e. The summed E-state index contributed by atoms with van der Waals surface area (Å²) in [4.78, 5) is 11.0. The van der Waals surface area contributed by atoms with E-state index in [4.69, 9.17) is 4.74 Å². The lowest BCUT2D eigenvalue weighted by Crippen LogP contribution is -2.26. The van der Waals surface area contributed by atoms with E-state index in [1.165, 1.54) is 13.0 Å². The number of nitrogens with one attached hydrogen (secondary N) is 1. The number of rotatable bonds is 6. The molecule has 1 aliphatic rings. The number of nitrogens with zero attached hydrogens (tertiary/aromatic N) is 3. The van der Waals surface area contributed by atoms with Gasteiger partial charge >= 0.3 is 0 Å². The molecule has 0 bridgehead atoms. The molecule has 1 aliphatic heterocycles. The molecule has 1 atom stereocenters. The molecule has 0 amide bonds. The number of methoxy groups -OCH3 is 1. The minimum atomic E-state index is 0.687. The van der Waals surface area contributed by atoms with E-state index in [1.807, 2.05) is 19.3 Å². The Bertz CT molecular complexity index is 355. The number of hydrogen-bond donors (Lipinski definition) is 1. The van der Waals surface area contributed by atoms with Gasteiger partial charge in [0, 0.05) is 39.1 Å². The van der Waals surface area contributed by atoms with E-state index in [2.05, 4.69) is 20.2 Å². The number of hydrogen-bond acceptors (Lipinski definition) is 5. The van der Waals surface area contributed by atoms with Crippen LogP contribution in [0.3, 0.4) is 0 Å². The fourth-order valence-electron chi connectivity index (χ4n) is 2.22. The van der Waals surface area contributed by atoms with Crippen LogP contribution in [0.15, 0.2) is 12.4 Å². The highest BCUT2D eigenvalue weighted by Crippen LogP contribution is 2.16. The summed E-state index contributed by atoms with van der Waals surface area (Å²) in [7, 11) is 1.75. The van der Waals surface area contributed by atoms with Crippen LogP contribution in [0.25, 0.3) is 0 Å². The maximum absolute atomic E-state index is 5.10. The first-order chi connectivity index (χ1) is 8.78. The third kappa shape index (κ3) is 3.92. The van der Waals surface area contributed by atoms with Gasteiger partial charge in [-0.05, 0) is 31.4 Å². The number of anilines is 1. The summed E-state index contributed by atoms with van der Waals surface area (Å²) in [5.41, 5.74) is 1.09. The minimum absolute atomic E-state index is 0.687. The molecule has 1 N–H and O–H groups in total. The molecule has 1 fully saturated rings. The Hall–Kier alpha value is -1.20. The van der Waals surface area contributed by atoms with Crippen LogP contribution in [0.2, 0.25) is 0 Å². The molecule has 0 saturated carbocycles. The van der Waals surface area contributed by atoms with Crippen LogP contribution in [0, 0.1) is 12.8 Å². The molecule has 5 heteroatoms. The molecule has 1 aromatic rings. The molecule has 0 aliphatic carbocycles. The van der Waals surface area contributed by atoms with Gasteiger partial charge in [-0.25, -0.2) is 9.97 Å². The van der Waals surface area contributed by atoms with E-state index < -0.39 is 0 Å². The molecule has 1 aromatic heterocycles. The van der Waals surface area contributed by atoms with E-state index in [1.54, 1.807) is 7.11 Å². The molecular formula is C13H22N4O. The van der Waals surface area contributed by atoms with Gasteiger partial charge in [-0.2, -0.15) is 0 Å². The molecule has 18 heavy (non-hydrogen) atoms. The lowest BCUT2D eigenvalue weighted by Gasteiger charge is -2.15. The van der Waals surface area contributed by atoms with Gasteiger partial charge in [0.15, 0.2) is 0 Å². The topological polar surface area (TPSA) is 50.3 Å². The lowest BCUT2D eigenvalue weighted by molar-refractivity contribution is 0.159. The summed E-state index contributed by atoms with van der Waals surface area (Å²) in [5, 5.41) is 3.31. The highest BCUT2D eigenvalue weighted by atomic mass is 16.5. The van der Waals surface area contributed by atoms with Crippen molar-refractivity contribution in [2.24, 2.45) is 5.92 Å². The zero-order valence-electron chi connectivity index (χ0n) is 11.2. The highest BCUT2D eigenvalue weighted by molar-refractivity contribution is 5.24. The lowest BCUT2D eigenvalue weighted by atomic mass is 10.1. The first-order valence-corrected chi connectivity index (χ1v) is 6.51. The molecule has 0 unspecified atom stereocenters. The zero-order chi connectivity index (χ0) is 12.8. The van der Waals surface area contributed by atoms with Crippen molar-refractivity contribution < 1.29 is 4.74 Å². The zero-order valence-corrected chi connectivity index (χ0v) is 11.2. The van der Waals surface area contributed by atoms with Gasteiger partial charge in [0.25, 0.3) is 0 Å². The predicted molar refractivity (Wildman–Crippen MR) is 71.7 cm³/mol. The first-order valence-electron chi connectivity index (χ1n) is 6.51. The average Bonchev–Trinajstić information content (AvgIpc) is 2.84. The summed E-state index contributed by atoms with van der Waals surface area (Å²) < 4.78 is 5.10. The Morgan fingerprint density at radius 1 is 1.44 bits per heavy atom. The van der Waals surface area contributed by atoms with Crippen LogP contribution in [0.5, 0.6) is 0 Å². The van der Waals surface area contributed by atoms with Crippen molar-refractivity contribution in [3.63, 3.8) is 0 Å². The highest BCUT2D eigenvalue weighted by Gasteiger charge is 2.21. The molecule has 100 valence electrons. The molecular weight excluding hydrogens is 228 g/mol. The van der Waals surface area contributed by atoms with Gasteiger partial charge in [0.2, 0.25) is 5.95 Å². The van der Waals surface area contributed by atoms with Crippen molar-refractivity contribution in [3.8, 4) is 0 Å². The fourth-order valence-corrected chi connectivity index (χ4v) is 2.22. The maximum Gasteiger partial charge on any atom is 0.222 e. The van der Waals surface area contributed by atoms with Crippen molar-refractivity contribution in [1.82, 2.24) is 14.9 Å². The average molecular weight is 250 g/mol. The molecule has 0 aromatic carbocycles. The van der Waals surface area contributed by atoms with Gasteiger partial charge in [-0.3, -0.25) is 0 Å². The van der Waals surface area contributed by atoms with Gasteiger partial charge < -0.3 is 15.0 Å². The van der Waals surface area contributed by atoms with Gasteiger partial charge in [0.05, 0.1) is 6.61 Å². The summed E-state index contributed by atoms with van der Waals surface area (Å²) in [6, 6.07) is 0. The van der Waals surface area contributed by atoms with Crippen molar-refractivity contribution >= 4 is 5.95 Å². The Labute approximate surface area is 109 Å². The second-order valence-electron chi connectivity index (χ2n) is 4.91. The normalized spacial score (nSPS) is 20.2. The van der Waals surface area contributed by atoms with Crippen molar-refractivity contribution in [3.05, 3.63) is 18.0 Å². The molecule has 2 rings (SSSR count). The van der Waals surface area contributed by atoms with Crippen molar-refractivity contribution in [1.29, 1.82) is 0 Å². The number of aryl methyl sites for hydroxylation is 1. The van der Waals surface area contributed by atoms with Gasteiger partial charge in [0.1, 0.15) is 0 Å². The first kappa shape index (κ1) is 13.2. The summed E-state index contributed by atoms with van der Waals surface area (Å²) in [6.07, 6.45) is 4.92. The van der Waals surface area contributed by atoms with E-state index in [9.17, 15) is 0 Å². The second kappa shape index (κ2) is 6.66. The quantitative estimate of drug-likeness (QED) is 0.821. The summed E-state index contributed by atoms with van der Waals surface area (Å²) in [6.45, 7) is 7.11. The summed E-state index contributed by atoms with van der Waals surface area (Å²) >= 11 is 0. The van der Waals surface area contributed by atoms with E-state index in [-0.39, 0.29) is 0 Å². The van der Waals surface area contributed by atoms with Crippen LogP contribution in [0.1, 0.15) is 12.0 Å². The fraction of sp³-hybridized carbons (Fsp3) is 0.692. The predicted octanol–water partition coefficient (Wildman–Crippen LogP) is 1.17. The third-order valence-electron chi connectivity index (χ3n) is 3.31. The summed E-state index contributed by atoms with van der Waals surface area (Å²) in [5.74, 6) is 1.42. The number of aromatic nitrogens is 2. The number of ether oxygens (including phenoxy) is 1.